The van der Waals surface area contributed by atoms with Gasteiger partial charge < -0.3 is 5.73 Å². The van der Waals surface area contributed by atoms with Crippen LogP contribution in [0.4, 0.5) is 0 Å². The van der Waals surface area contributed by atoms with E-state index in [1.165, 1.54) is 29.5 Å². The number of rotatable bonds is 1. The fraction of sp³-hybridized carbons (Fsp3) is 0.429. The minimum atomic E-state index is 0.346. The quantitative estimate of drug-likeness (QED) is 0.741. The molecule has 80 valence electrons. The fourth-order valence-electron chi connectivity index (χ4n) is 2.28. The second-order valence-corrected chi connectivity index (χ2v) is 4.44. The van der Waals surface area contributed by atoms with Crippen LogP contribution in [-0.2, 0) is 0 Å². The summed E-state index contributed by atoms with van der Waals surface area (Å²) in [5, 5.41) is 0. The Bertz CT molecular complexity index is 365. The summed E-state index contributed by atoms with van der Waals surface area (Å²) >= 11 is 0. The highest BCUT2D eigenvalue weighted by molar-refractivity contribution is 5.68. The van der Waals surface area contributed by atoms with Gasteiger partial charge in [0.05, 0.1) is 0 Å². The standard InChI is InChI=1S/C14H19N/c1-11-6-2-5-9-14(11)12-7-3-4-8-13(15)10-12/h2,5-7,9,13H,3-4,8,10,15H2,1H3/t13-/m0/s1. The number of allylic oxidation sites excluding steroid dienone is 1. The predicted molar refractivity (Wildman–Crippen MR) is 65.6 cm³/mol. The van der Waals surface area contributed by atoms with Gasteiger partial charge in [0.1, 0.15) is 0 Å². The molecule has 1 nitrogen and oxygen atoms in total. The summed E-state index contributed by atoms with van der Waals surface area (Å²) in [6.07, 6.45) is 6.97. The third-order valence-corrected chi connectivity index (χ3v) is 3.14. The Morgan fingerprint density at radius 2 is 2.07 bits per heavy atom. The summed E-state index contributed by atoms with van der Waals surface area (Å²) in [7, 11) is 0. The molecule has 2 rings (SSSR count). The van der Waals surface area contributed by atoms with E-state index in [-0.39, 0.29) is 0 Å². The third-order valence-electron chi connectivity index (χ3n) is 3.14. The van der Waals surface area contributed by atoms with Crippen LogP contribution in [0.25, 0.3) is 5.57 Å². The maximum absolute atomic E-state index is 6.07. The molecule has 2 N–H and O–H groups in total. The summed E-state index contributed by atoms with van der Waals surface area (Å²) < 4.78 is 0. The van der Waals surface area contributed by atoms with E-state index in [0.29, 0.717) is 6.04 Å². The highest BCUT2D eigenvalue weighted by atomic mass is 14.6. The van der Waals surface area contributed by atoms with Gasteiger partial charge in [-0.2, -0.15) is 0 Å². The summed E-state index contributed by atoms with van der Waals surface area (Å²) in [5.41, 5.74) is 10.3. The van der Waals surface area contributed by atoms with E-state index in [2.05, 4.69) is 37.3 Å². The molecule has 0 saturated carbocycles. The molecule has 1 aromatic carbocycles. The highest BCUT2D eigenvalue weighted by Gasteiger charge is 2.12. The molecular weight excluding hydrogens is 182 g/mol. The molecule has 0 spiro atoms. The van der Waals surface area contributed by atoms with Crippen LogP contribution in [0.3, 0.4) is 0 Å². The second-order valence-electron chi connectivity index (χ2n) is 4.44. The molecule has 0 fully saturated rings. The lowest BCUT2D eigenvalue weighted by atomic mass is 9.95. The van der Waals surface area contributed by atoms with E-state index in [9.17, 15) is 0 Å². The molecule has 1 aliphatic rings. The van der Waals surface area contributed by atoms with Crippen molar-refractivity contribution in [1.29, 1.82) is 0 Å². The molecule has 1 aliphatic carbocycles. The van der Waals surface area contributed by atoms with Crippen molar-refractivity contribution in [3.05, 3.63) is 41.5 Å². The Morgan fingerprint density at radius 1 is 1.27 bits per heavy atom. The maximum Gasteiger partial charge on any atom is 0.00795 e. The summed E-state index contributed by atoms with van der Waals surface area (Å²) in [5.74, 6) is 0. The normalized spacial score (nSPS) is 22.0. The molecule has 0 aromatic heterocycles. The number of aryl methyl sites for hydroxylation is 1. The van der Waals surface area contributed by atoms with Gasteiger partial charge in [0, 0.05) is 6.04 Å². The Hall–Kier alpha value is -1.08. The van der Waals surface area contributed by atoms with Crippen molar-refractivity contribution in [2.24, 2.45) is 5.73 Å². The van der Waals surface area contributed by atoms with Crippen molar-refractivity contribution in [2.45, 2.75) is 38.6 Å². The zero-order chi connectivity index (χ0) is 10.7. The fourth-order valence-corrected chi connectivity index (χ4v) is 2.28. The molecule has 1 heteroatoms. The molecule has 0 heterocycles. The number of hydrogen-bond donors (Lipinski definition) is 1. The van der Waals surface area contributed by atoms with Gasteiger partial charge in [0.25, 0.3) is 0 Å². The van der Waals surface area contributed by atoms with Gasteiger partial charge in [-0.1, -0.05) is 30.3 Å². The zero-order valence-corrected chi connectivity index (χ0v) is 9.37. The molecule has 1 atom stereocenters. The number of hydrogen-bond acceptors (Lipinski definition) is 1. The molecule has 15 heavy (non-hydrogen) atoms. The summed E-state index contributed by atoms with van der Waals surface area (Å²) in [6, 6.07) is 8.93. The van der Waals surface area contributed by atoms with E-state index in [4.69, 9.17) is 5.73 Å². The number of nitrogens with two attached hydrogens (primary N) is 1. The van der Waals surface area contributed by atoms with Gasteiger partial charge in [-0.25, -0.2) is 0 Å². The van der Waals surface area contributed by atoms with E-state index < -0.39 is 0 Å². The van der Waals surface area contributed by atoms with Crippen molar-refractivity contribution < 1.29 is 0 Å². The van der Waals surface area contributed by atoms with Crippen LogP contribution < -0.4 is 5.73 Å². The van der Waals surface area contributed by atoms with Gasteiger partial charge in [-0.15, -0.1) is 0 Å². The van der Waals surface area contributed by atoms with Gasteiger partial charge in [0.2, 0.25) is 0 Å². The molecule has 0 saturated heterocycles. The van der Waals surface area contributed by atoms with Crippen molar-refractivity contribution in [2.75, 3.05) is 0 Å². The second kappa shape index (κ2) is 4.63. The van der Waals surface area contributed by atoms with Crippen LogP contribution in [0.2, 0.25) is 0 Å². The van der Waals surface area contributed by atoms with Gasteiger partial charge in [-0.3, -0.25) is 0 Å². The van der Waals surface area contributed by atoms with Crippen molar-refractivity contribution in [1.82, 2.24) is 0 Å². The third kappa shape index (κ3) is 2.48. The average Bonchev–Trinajstić information content (AvgIpc) is 2.43. The zero-order valence-electron chi connectivity index (χ0n) is 9.37. The minimum absolute atomic E-state index is 0.346. The lowest BCUT2D eigenvalue weighted by Gasteiger charge is -2.13. The van der Waals surface area contributed by atoms with Crippen LogP contribution in [0.1, 0.15) is 36.8 Å². The molecule has 0 aliphatic heterocycles. The van der Waals surface area contributed by atoms with E-state index in [1.54, 1.807) is 0 Å². The molecule has 1 aromatic rings. The Morgan fingerprint density at radius 3 is 2.87 bits per heavy atom. The van der Waals surface area contributed by atoms with Crippen molar-refractivity contribution >= 4 is 5.57 Å². The Balaban J connectivity index is 2.29. The average molecular weight is 201 g/mol. The van der Waals surface area contributed by atoms with Crippen molar-refractivity contribution in [3.63, 3.8) is 0 Å². The first kappa shape index (κ1) is 10.4. The van der Waals surface area contributed by atoms with Crippen LogP contribution in [-0.4, -0.2) is 6.04 Å². The van der Waals surface area contributed by atoms with Crippen LogP contribution in [0.15, 0.2) is 30.3 Å². The Kier molecular flexibility index (Phi) is 3.22. The first-order chi connectivity index (χ1) is 7.27. The largest absolute Gasteiger partial charge is 0.327 e. The van der Waals surface area contributed by atoms with Crippen LogP contribution >= 0.6 is 0 Å². The predicted octanol–water partition coefficient (Wildman–Crippen LogP) is 3.28. The topological polar surface area (TPSA) is 26.0 Å². The Labute approximate surface area is 92.0 Å². The van der Waals surface area contributed by atoms with Crippen LogP contribution in [0.5, 0.6) is 0 Å². The maximum atomic E-state index is 6.07. The molecule has 0 unspecified atom stereocenters. The molecule has 0 bridgehead atoms. The van der Waals surface area contributed by atoms with Gasteiger partial charge in [-0.05, 0) is 49.3 Å². The van der Waals surface area contributed by atoms with E-state index in [1.807, 2.05) is 0 Å². The lowest BCUT2D eigenvalue weighted by molar-refractivity contribution is 0.612. The number of benzene rings is 1. The molecule has 0 radical (unpaired) electrons. The lowest BCUT2D eigenvalue weighted by Crippen LogP contribution is -2.19. The van der Waals surface area contributed by atoms with Crippen molar-refractivity contribution in [3.8, 4) is 0 Å². The molecular formula is C14H19N. The first-order valence-electron chi connectivity index (χ1n) is 5.78. The van der Waals surface area contributed by atoms with E-state index in [0.717, 1.165) is 12.8 Å². The monoisotopic (exact) mass is 201 g/mol. The first-order valence-corrected chi connectivity index (χ1v) is 5.78. The van der Waals surface area contributed by atoms with E-state index >= 15 is 0 Å². The van der Waals surface area contributed by atoms with Gasteiger partial charge >= 0.3 is 0 Å². The SMILES string of the molecule is Cc1ccccc1C1=CCCC[C@H](N)C1. The summed E-state index contributed by atoms with van der Waals surface area (Å²) in [4.78, 5) is 0. The summed E-state index contributed by atoms with van der Waals surface area (Å²) in [6.45, 7) is 2.17. The molecule has 0 amide bonds. The van der Waals surface area contributed by atoms with Gasteiger partial charge in [0.15, 0.2) is 0 Å². The highest BCUT2D eigenvalue weighted by Crippen LogP contribution is 2.27. The minimum Gasteiger partial charge on any atom is -0.327 e. The smallest absolute Gasteiger partial charge is 0.00795 e. The van der Waals surface area contributed by atoms with Crippen LogP contribution in [0, 0.1) is 6.92 Å².